The molecule has 0 saturated heterocycles. The molecule has 0 radical (unpaired) electrons. The molecule has 3 aromatic carbocycles. The summed E-state index contributed by atoms with van der Waals surface area (Å²) in [6, 6.07) is 25.8. The minimum Gasteiger partial charge on any atom is -0.350 e. The molecule has 0 fully saturated rings. The van der Waals surface area contributed by atoms with Gasteiger partial charge in [-0.2, -0.15) is 0 Å². The average molecular weight is 488 g/mol. The van der Waals surface area contributed by atoms with Gasteiger partial charge in [-0.15, -0.1) is 0 Å². The lowest BCUT2D eigenvalue weighted by molar-refractivity contribution is -0.136. The van der Waals surface area contributed by atoms with E-state index in [0.717, 1.165) is 16.7 Å². The minimum atomic E-state index is -0.961. The summed E-state index contributed by atoms with van der Waals surface area (Å²) < 4.78 is 0. The van der Waals surface area contributed by atoms with Gasteiger partial charge in [0.05, 0.1) is 0 Å². The van der Waals surface area contributed by atoms with Gasteiger partial charge >= 0.3 is 0 Å². The van der Waals surface area contributed by atoms with Gasteiger partial charge in [0, 0.05) is 18.9 Å². The van der Waals surface area contributed by atoms with Gasteiger partial charge in [0.25, 0.3) is 0 Å². The first kappa shape index (κ1) is 26.6. The lowest BCUT2D eigenvalue weighted by Crippen LogP contribution is -2.43. The van der Waals surface area contributed by atoms with Crippen molar-refractivity contribution in [3.8, 4) is 11.1 Å². The van der Waals surface area contributed by atoms with E-state index in [-0.39, 0.29) is 18.2 Å². The third-order valence-electron chi connectivity index (χ3n) is 5.87. The molecule has 7 heteroatoms. The molecular formula is C29H33N3O4. The van der Waals surface area contributed by atoms with Gasteiger partial charge in [-0.05, 0) is 40.7 Å². The Morgan fingerprint density at radius 1 is 0.806 bits per heavy atom. The molecular weight excluding hydrogens is 454 g/mol. The first-order valence-electron chi connectivity index (χ1n) is 12.1. The third kappa shape index (κ3) is 7.78. The van der Waals surface area contributed by atoms with Crippen LogP contribution in [-0.4, -0.2) is 22.9 Å². The topological polar surface area (TPSA) is 108 Å². The van der Waals surface area contributed by atoms with E-state index in [9.17, 15) is 14.4 Å². The molecule has 0 aromatic heterocycles. The number of hydroxylamine groups is 1. The van der Waals surface area contributed by atoms with Crippen LogP contribution in [0.3, 0.4) is 0 Å². The first-order valence-corrected chi connectivity index (χ1v) is 12.1. The highest BCUT2D eigenvalue weighted by molar-refractivity contribution is 5.91. The van der Waals surface area contributed by atoms with Crippen molar-refractivity contribution in [1.29, 1.82) is 0 Å². The molecule has 36 heavy (non-hydrogen) atoms. The Bertz CT molecular complexity index is 1150. The predicted molar refractivity (Wildman–Crippen MR) is 139 cm³/mol. The Labute approximate surface area is 211 Å². The Morgan fingerprint density at radius 3 is 2.08 bits per heavy atom. The maximum absolute atomic E-state index is 13.4. The van der Waals surface area contributed by atoms with E-state index in [1.54, 1.807) is 11.5 Å². The molecule has 0 aliphatic heterocycles. The van der Waals surface area contributed by atoms with Crippen LogP contribution in [0.5, 0.6) is 0 Å². The van der Waals surface area contributed by atoms with Crippen LogP contribution in [0, 0.1) is 11.8 Å². The van der Waals surface area contributed by atoms with Crippen molar-refractivity contribution in [3.63, 3.8) is 0 Å². The monoisotopic (exact) mass is 487 g/mol. The highest BCUT2D eigenvalue weighted by Crippen LogP contribution is 2.25. The van der Waals surface area contributed by atoms with E-state index in [1.807, 2.05) is 92.7 Å². The zero-order chi connectivity index (χ0) is 25.9. The molecule has 0 saturated carbocycles. The summed E-state index contributed by atoms with van der Waals surface area (Å²) in [6.45, 7) is 4.21. The summed E-state index contributed by atoms with van der Waals surface area (Å²) >= 11 is 0. The maximum atomic E-state index is 13.4. The van der Waals surface area contributed by atoms with Crippen LogP contribution in [0.2, 0.25) is 0 Å². The number of carbonyl (C=O) groups is 3. The van der Waals surface area contributed by atoms with Crippen molar-refractivity contribution in [2.24, 2.45) is 11.8 Å². The van der Waals surface area contributed by atoms with E-state index in [2.05, 4.69) is 10.6 Å². The van der Waals surface area contributed by atoms with Gasteiger partial charge in [0.2, 0.25) is 17.7 Å². The Morgan fingerprint density at radius 2 is 1.44 bits per heavy atom. The average Bonchev–Trinajstić information content (AvgIpc) is 2.90. The number of carbonyl (C=O) groups excluding carboxylic acids is 3. The molecule has 0 heterocycles. The third-order valence-corrected chi connectivity index (χ3v) is 5.87. The van der Waals surface area contributed by atoms with Gasteiger partial charge < -0.3 is 10.6 Å². The molecule has 0 bridgehead atoms. The SMILES string of the molecule is CC(C)C[C@H](CC(=O)NO)C(=O)NC(C(=O)NCc1ccccc1)c1cccc(-c2ccccc2)c1. The maximum Gasteiger partial charge on any atom is 0.247 e. The lowest BCUT2D eigenvalue weighted by atomic mass is 9.92. The van der Waals surface area contributed by atoms with E-state index < -0.39 is 23.8 Å². The van der Waals surface area contributed by atoms with Gasteiger partial charge in [-0.3, -0.25) is 19.6 Å². The van der Waals surface area contributed by atoms with Crippen LogP contribution in [-0.2, 0) is 20.9 Å². The van der Waals surface area contributed by atoms with Crippen LogP contribution in [0.25, 0.3) is 11.1 Å². The second-order valence-corrected chi connectivity index (χ2v) is 9.20. The fourth-order valence-corrected chi connectivity index (χ4v) is 4.10. The number of hydrogen-bond donors (Lipinski definition) is 4. The van der Waals surface area contributed by atoms with E-state index in [4.69, 9.17) is 5.21 Å². The summed E-state index contributed by atoms with van der Waals surface area (Å²) in [5.74, 6) is -1.98. The largest absolute Gasteiger partial charge is 0.350 e. The minimum absolute atomic E-state index is 0.138. The fraction of sp³-hybridized carbons (Fsp3) is 0.276. The molecule has 1 unspecified atom stereocenters. The molecule has 188 valence electrons. The Hall–Kier alpha value is -3.97. The molecule has 0 spiro atoms. The fourth-order valence-electron chi connectivity index (χ4n) is 4.10. The number of amides is 3. The molecule has 2 atom stereocenters. The molecule has 3 rings (SSSR count). The normalized spacial score (nSPS) is 12.4. The van der Waals surface area contributed by atoms with Crippen molar-refractivity contribution >= 4 is 17.7 Å². The van der Waals surface area contributed by atoms with Gasteiger partial charge in [0.15, 0.2) is 0 Å². The Balaban J connectivity index is 1.88. The molecule has 0 aliphatic rings. The summed E-state index contributed by atoms with van der Waals surface area (Å²) in [4.78, 5) is 38.5. The van der Waals surface area contributed by atoms with Gasteiger partial charge in [0.1, 0.15) is 6.04 Å². The second kappa shape index (κ2) is 13.2. The van der Waals surface area contributed by atoms with Gasteiger partial charge in [-0.1, -0.05) is 92.7 Å². The van der Waals surface area contributed by atoms with Gasteiger partial charge in [-0.25, -0.2) is 5.48 Å². The zero-order valence-corrected chi connectivity index (χ0v) is 20.6. The highest BCUT2D eigenvalue weighted by Gasteiger charge is 2.29. The second-order valence-electron chi connectivity index (χ2n) is 9.20. The number of hydrogen-bond acceptors (Lipinski definition) is 4. The predicted octanol–water partition coefficient (Wildman–Crippen LogP) is 4.39. The number of rotatable bonds is 11. The number of nitrogens with one attached hydrogen (secondary N) is 3. The van der Waals surface area contributed by atoms with Crippen molar-refractivity contribution < 1.29 is 19.6 Å². The van der Waals surface area contributed by atoms with Crippen LogP contribution in [0.1, 0.15) is 43.9 Å². The van der Waals surface area contributed by atoms with Crippen molar-refractivity contribution in [1.82, 2.24) is 16.1 Å². The summed E-state index contributed by atoms with van der Waals surface area (Å²) in [5, 5.41) is 14.8. The Kier molecular flexibility index (Phi) is 9.77. The van der Waals surface area contributed by atoms with Crippen LogP contribution in [0.15, 0.2) is 84.9 Å². The molecule has 7 nitrogen and oxygen atoms in total. The molecule has 3 amide bonds. The molecule has 0 aliphatic carbocycles. The molecule has 4 N–H and O–H groups in total. The first-order chi connectivity index (χ1) is 17.4. The summed E-state index contributed by atoms with van der Waals surface area (Å²) in [5.41, 5.74) is 5.07. The standard InChI is InChI=1S/C29H33N3O4/c1-20(2)16-25(18-26(33)32-36)28(34)31-27(29(35)30-19-21-10-5-3-6-11-21)24-15-9-14-23(17-24)22-12-7-4-8-13-22/h3-15,17,20,25,27,36H,16,18-19H2,1-2H3,(H,30,35)(H,31,34)(H,32,33)/t25-,27?/m1/s1. The van der Waals surface area contributed by atoms with Crippen LogP contribution >= 0.6 is 0 Å². The van der Waals surface area contributed by atoms with E-state index >= 15 is 0 Å². The zero-order valence-electron chi connectivity index (χ0n) is 20.6. The quantitative estimate of drug-likeness (QED) is 0.238. The van der Waals surface area contributed by atoms with Crippen molar-refractivity contribution in [3.05, 3.63) is 96.1 Å². The lowest BCUT2D eigenvalue weighted by Gasteiger charge is -2.24. The van der Waals surface area contributed by atoms with Crippen LogP contribution in [0.4, 0.5) is 0 Å². The highest BCUT2D eigenvalue weighted by atomic mass is 16.5. The van der Waals surface area contributed by atoms with Crippen molar-refractivity contribution in [2.75, 3.05) is 0 Å². The van der Waals surface area contributed by atoms with E-state index in [0.29, 0.717) is 18.5 Å². The number of benzene rings is 3. The van der Waals surface area contributed by atoms with Crippen LogP contribution < -0.4 is 16.1 Å². The molecule has 3 aromatic rings. The van der Waals surface area contributed by atoms with E-state index in [1.165, 1.54) is 0 Å². The summed E-state index contributed by atoms with van der Waals surface area (Å²) in [6.07, 6.45) is 0.255. The smallest absolute Gasteiger partial charge is 0.247 e. The summed E-state index contributed by atoms with van der Waals surface area (Å²) in [7, 11) is 0. The van der Waals surface area contributed by atoms with Crippen molar-refractivity contribution in [2.45, 2.75) is 39.3 Å².